The van der Waals surface area contributed by atoms with E-state index in [-0.39, 0.29) is 35.9 Å². The fourth-order valence-corrected chi connectivity index (χ4v) is 4.30. The summed E-state index contributed by atoms with van der Waals surface area (Å²) in [7, 11) is 0. The molecule has 0 bridgehead atoms. The van der Waals surface area contributed by atoms with Crippen molar-refractivity contribution in [2.45, 2.75) is 37.8 Å². The van der Waals surface area contributed by atoms with E-state index in [1.165, 1.54) is 6.07 Å². The number of halogens is 2. The molecule has 36 heavy (non-hydrogen) atoms. The third-order valence-electron chi connectivity index (χ3n) is 6.30. The topological polar surface area (TPSA) is 120 Å². The summed E-state index contributed by atoms with van der Waals surface area (Å²) in [5.74, 6) is -3.62. The molecule has 1 fully saturated rings. The first-order valence-corrected chi connectivity index (χ1v) is 11.7. The van der Waals surface area contributed by atoms with Crippen LogP contribution in [-0.4, -0.2) is 47.6 Å². The van der Waals surface area contributed by atoms with Crippen LogP contribution in [0.15, 0.2) is 48.5 Å². The lowest BCUT2D eigenvalue weighted by molar-refractivity contribution is -0.125. The van der Waals surface area contributed by atoms with Crippen molar-refractivity contribution in [3.63, 3.8) is 0 Å². The zero-order valence-corrected chi connectivity index (χ0v) is 19.4. The lowest BCUT2D eigenvalue weighted by Crippen LogP contribution is -2.51. The van der Waals surface area contributed by atoms with E-state index in [0.29, 0.717) is 25.7 Å². The largest absolute Gasteiger partial charge is 0.356 e. The number of para-hydroxylation sites is 1. The Morgan fingerprint density at radius 1 is 1.08 bits per heavy atom. The van der Waals surface area contributed by atoms with Crippen molar-refractivity contribution < 1.29 is 28.0 Å². The van der Waals surface area contributed by atoms with E-state index in [2.05, 4.69) is 20.9 Å². The van der Waals surface area contributed by atoms with Gasteiger partial charge in [0.15, 0.2) is 11.6 Å². The summed E-state index contributed by atoms with van der Waals surface area (Å²) in [6.07, 6.45) is 1.79. The van der Waals surface area contributed by atoms with Gasteiger partial charge in [-0.25, -0.2) is 8.78 Å². The van der Waals surface area contributed by atoms with Gasteiger partial charge in [0, 0.05) is 29.8 Å². The molecule has 8 nitrogen and oxygen atoms in total. The maximum atomic E-state index is 13.8. The van der Waals surface area contributed by atoms with Crippen molar-refractivity contribution in [3.05, 3.63) is 71.4 Å². The van der Waals surface area contributed by atoms with Crippen LogP contribution >= 0.6 is 0 Å². The van der Waals surface area contributed by atoms with Gasteiger partial charge in [0.1, 0.15) is 18.0 Å². The Bertz CT molecular complexity index is 1260. The van der Waals surface area contributed by atoms with Crippen LogP contribution in [0.25, 0.3) is 10.9 Å². The molecule has 188 valence electrons. The number of fused-ring (bicyclic) bond motifs is 1. The Balaban J connectivity index is 1.49. The SMILES string of the molecule is O=C[C@H](CC[C@@H]1CCNC1=O)NC(=O)[C@H](Cc1ccc(F)c(F)c1)NC(=O)c1cc2ccccc2[nH]1. The molecule has 1 aromatic heterocycles. The van der Waals surface area contributed by atoms with Crippen LogP contribution < -0.4 is 16.0 Å². The van der Waals surface area contributed by atoms with E-state index in [0.717, 1.165) is 23.0 Å². The fourth-order valence-electron chi connectivity index (χ4n) is 4.30. The van der Waals surface area contributed by atoms with Gasteiger partial charge < -0.3 is 25.7 Å². The number of H-pyrrole nitrogens is 1. The predicted octanol–water partition coefficient (Wildman–Crippen LogP) is 2.39. The predicted molar refractivity (Wildman–Crippen MR) is 128 cm³/mol. The van der Waals surface area contributed by atoms with Gasteiger partial charge in [-0.2, -0.15) is 0 Å². The molecule has 3 atom stereocenters. The second kappa shape index (κ2) is 11.1. The lowest BCUT2D eigenvalue weighted by Gasteiger charge is -2.21. The molecule has 1 aliphatic rings. The van der Waals surface area contributed by atoms with E-state index < -0.39 is 35.5 Å². The lowest BCUT2D eigenvalue weighted by atomic mass is 9.98. The molecule has 1 aliphatic heterocycles. The maximum absolute atomic E-state index is 13.8. The number of nitrogens with one attached hydrogen (secondary N) is 4. The number of carbonyl (C=O) groups excluding carboxylic acids is 4. The highest BCUT2D eigenvalue weighted by atomic mass is 19.2. The van der Waals surface area contributed by atoms with Crippen molar-refractivity contribution in [1.29, 1.82) is 0 Å². The molecule has 2 heterocycles. The van der Waals surface area contributed by atoms with Gasteiger partial charge in [0.05, 0.1) is 6.04 Å². The zero-order chi connectivity index (χ0) is 25.7. The summed E-state index contributed by atoms with van der Waals surface area (Å²) >= 11 is 0. The molecule has 2 aromatic carbocycles. The van der Waals surface area contributed by atoms with Crippen molar-refractivity contribution >= 4 is 34.9 Å². The van der Waals surface area contributed by atoms with Gasteiger partial charge in [-0.3, -0.25) is 14.4 Å². The molecule has 4 N–H and O–H groups in total. The summed E-state index contributed by atoms with van der Waals surface area (Å²) in [6.45, 7) is 0.581. The van der Waals surface area contributed by atoms with Gasteiger partial charge in [0.2, 0.25) is 11.8 Å². The number of aldehydes is 1. The number of hydrogen-bond acceptors (Lipinski definition) is 4. The Hall–Kier alpha value is -4.08. The quantitative estimate of drug-likeness (QED) is 0.322. The average Bonchev–Trinajstić information content (AvgIpc) is 3.49. The van der Waals surface area contributed by atoms with E-state index in [9.17, 15) is 28.0 Å². The third kappa shape index (κ3) is 5.94. The first-order chi connectivity index (χ1) is 17.3. The summed E-state index contributed by atoms with van der Waals surface area (Å²) < 4.78 is 27.2. The molecule has 1 saturated heterocycles. The first-order valence-electron chi connectivity index (χ1n) is 11.7. The molecule has 10 heteroatoms. The monoisotopic (exact) mass is 496 g/mol. The van der Waals surface area contributed by atoms with Crippen molar-refractivity contribution in [3.8, 4) is 0 Å². The summed E-state index contributed by atoms with van der Waals surface area (Å²) in [5, 5.41) is 8.77. The van der Waals surface area contributed by atoms with Gasteiger partial charge in [-0.1, -0.05) is 24.3 Å². The Kier molecular flexibility index (Phi) is 7.72. The number of carbonyl (C=O) groups is 4. The number of amides is 3. The molecule has 4 rings (SSSR count). The average molecular weight is 497 g/mol. The van der Waals surface area contributed by atoms with Crippen LogP contribution in [0.4, 0.5) is 8.78 Å². The van der Waals surface area contributed by atoms with Crippen LogP contribution in [-0.2, 0) is 20.8 Å². The van der Waals surface area contributed by atoms with E-state index in [4.69, 9.17) is 0 Å². The molecule has 3 aromatic rings. The van der Waals surface area contributed by atoms with Crippen molar-refractivity contribution in [2.75, 3.05) is 6.54 Å². The highest BCUT2D eigenvalue weighted by Crippen LogP contribution is 2.18. The molecule has 3 amide bonds. The molecule has 0 unspecified atom stereocenters. The minimum absolute atomic E-state index is 0.0761. The molecule has 0 spiro atoms. The Morgan fingerprint density at radius 2 is 1.89 bits per heavy atom. The number of rotatable bonds is 10. The van der Waals surface area contributed by atoms with E-state index in [1.807, 2.05) is 18.2 Å². The van der Waals surface area contributed by atoms with Crippen LogP contribution in [0.2, 0.25) is 0 Å². The molecular formula is C26H26F2N4O4. The minimum Gasteiger partial charge on any atom is -0.356 e. The van der Waals surface area contributed by atoms with Crippen LogP contribution in [0.1, 0.15) is 35.3 Å². The smallest absolute Gasteiger partial charge is 0.268 e. The third-order valence-corrected chi connectivity index (χ3v) is 6.30. The maximum Gasteiger partial charge on any atom is 0.268 e. The molecule has 0 radical (unpaired) electrons. The highest BCUT2D eigenvalue weighted by Gasteiger charge is 2.28. The second-order valence-electron chi connectivity index (χ2n) is 8.85. The summed E-state index contributed by atoms with van der Waals surface area (Å²) in [6, 6.07) is 10.1. The van der Waals surface area contributed by atoms with Gasteiger partial charge >= 0.3 is 0 Å². The summed E-state index contributed by atoms with van der Waals surface area (Å²) in [5.41, 5.74) is 1.25. The van der Waals surface area contributed by atoms with Crippen molar-refractivity contribution in [1.82, 2.24) is 20.9 Å². The van der Waals surface area contributed by atoms with Gasteiger partial charge in [0.25, 0.3) is 5.91 Å². The van der Waals surface area contributed by atoms with Gasteiger partial charge in [-0.05, 0) is 49.1 Å². The van der Waals surface area contributed by atoms with Gasteiger partial charge in [-0.15, -0.1) is 0 Å². The van der Waals surface area contributed by atoms with E-state index in [1.54, 1.807) is 12.1 Å². The van der Waals surface area contributed by atoms with E-state index >= 15 is 0 Å². The number of benzene rings is 2. The molecule has 0 saturated carbocycles. The Labute approximate surface area is 205 Å². The minimum atomic E-state index is -1.17. The van der Waals surface area contributed by atoms with Crippen LogP contribution in [0.3, 0.4) is 0 Å². The number of hydrogen-bond donors (Lipinski definition) is 4. The second-order valence-corrected chi connectivity index (χ2v) is 8.85. The fraction of sp³-hybridized carbons (Fsp3) is 0.308. The normalized spacial score (nSPS) is 16.8. The summed E-state index contributed by atoms with van der Waals surface area (Å²) in [4.78, 5) is 52.5. The molecule has 0 aliphatic carbocycles. The van der Waals surface area contributed by atoms with Crippen LogP contribution in [0.5, 0.6) is 0 Å². The van der Waals surface area contributed by atoms with Crippen LogP contribution in [0, 0.1) is 17.6 Å². The number of aromatic nitrogens is 1. The number of aromatic amines is 1. The van der Waals surface area contributed by atoms with Crippen molar-refractivity contribution in [2.24, 2.45) is 5.92 Å². The first kappa shape index (κ1) is 25.0. The standard InChI is InChI=1S/C26H26F2N4O4/c27-19-8-5-15(11-20(19)28)12-22(32-26(36)23-13-17-3-1-2-4-21(17)31-23)25(35)30-18(14-33)7-6-16-9-10-29-24(16)34/h1-5,8,11,13-14,16,18,22,31H,6-7,9-10,12H2,(H,29,34)(H,30,35)(H,32,36)/t16-,18+,22+/m1/s1. The highest BCUT2D eigenvalue weighted by molar-refractivity contribution is 6.00. The Morgan fingerprint density at radius 3 is 2.58 bits per heavy atom. The molecular weight excluding hydrogens is 470 g/mol. The zero-order valence-electron chi connectivity index (χ0n) is 19.4.